The lowest BCUT2D eigenvalue weighted by atomic mass is 10.0. The highest BCUT2D eigenvalue weighted by Crippen LogP contribution is 2.26. The average Bonchev–Trinajstić information content (AvgIpc) is 2.54. The molecule has 2 N–H and O–H groups in total. The van der Waals surface area contributed by atoms with Gasteiger partial charge in [-0.1, -0.05) is 18.2 Å². The number of carbonyl (C=O) groups is 1. The van der Waals surface area contributed by atoms with Gasteiger partial charge in [-0.15, -0.1) is 0 Å². The first kappa shape index (κ1) is 19.5. The molecule has 0 spiro atoms. The van der Waals surface area contributed by atoms with Crippen molar-refractivity contribution in [3.8, 4) is 5.75 Å². The van der Waals surface area contributed by atoms with E-state index in [4.69, 9.17) is 9.47 Å². The van der Waals surface area contributed by atoms with E-state index in [-0.39, 0.29) is 12.1 Å². The van der Waals surface area contributed by atoms with Gasteiger partial charge in [-0.2, -0.15) is 0 Å². The molecule has 1 heterocycles. The van der Waals surface area contributed by atoms with Crippen LogP contribution >= 0.6 is 0 Å². The van der Waals surface area contributed by atoms with Gasteiger partial charge in [-0.05, 0) is 39.7 Å². The number of nitrogens with one attached hydrogen (secondary N) is 1. The van der Waals surface area contributed by atoms with E-state index >= 15 is 0 Å². The number of ether oxygens (including phenoxy) is 2. The number of carbonyl (C=O) groups excluding carboxylic acids is 1. The van der Waals surface area contributed by atoms with Crippen LogP contribution in [0, 0.1) is 0 Å². The van der Waals surface area contributed by atoms with E-state index in [2.05, 4.69) is 10.2 Å². The molecule has 0 aliphatic carbocycles. The average molecular weight is 350 g/mol. The second kappa shape index (κ2) is 8.54. The molecule has 1 saturated heterocycles. The Bertz CT molecular complexity index is 563. The summed E-state index contributed by atoms with van der Waals surface area (Å²) < 4.78 is 10.6. The monoisotopic (exact) mass is 350 g/mol. The first-order valence-electron chi connectivity index (χ1n) is 8.81. The molecule has 0 radical (unpaired) electrons. The van der Waals surface area contributed by atoms with Gasteiger partial charge in [-0.3, -0.25) is 0 Å². The molecule has 1 aliphatic rings. The zero-order chi connectivity index (χ0) is 18.4. The lowest BCUT2D eigenvalue weighted by molar-refractivity contribution is 0.0458. The second-order valence-corrected chi connectivity index (χ2v) is 7.48. The highest BCUT2D eigenvalue weighted by Gasteiger charge is 2.25. The molecule has 1 aromatic carbocycles. The van der Waals surface area contributed by atoms with Crippen LogP contribution in [-0.2, 0) is 4.74 Å². The maximum atomic E-state index is 11.8. The van der Waals surface area contributed by atoms with Gasteiger partial charge in [0, 0.05) is 31.2 Å². The fraction of sp³-hybridized carbons (Fsp3) is 0.632. The molecule has 2 rings (SSSR count). The lowest BCUT2D eigenvalue weighted by Crippen LogP contribution is -2.46. The molecule has 140 valence electrons. The van der Waals surface area contributed by atoms with Crippen molar-refractivity contribution < 1.29 is 19.4 Å². The molecule has 0 aromatic heterocycles. The number of benzene rings is 1. The molecule has 1 atom stereocenters. The van der Waals surface area contributed by atoms with Gasteiger partial charge >= 0.3 is 6.09 Å². The number of amides is 1. The van der Waals surface area contributed by atoms with Crippen LogP contribution in [0.5, 0.6) is 5.75 Å². The summed E-state index contributed by atoms with van der Waals surface area (Å²) in [5, 5.41) is 13.4. The van der Waals surface area contributed by atoms with Crippen LogP contribution in [0.4, 0.5) is 4.79 Å². The van der Waals surface area contributed by atoms with E-state index < -0.39 is 11.7 Å². The van der Waals surface area contributed by atoms with Gasteiger partial charge in [0.25, 0.3) is 0 Å². The second-order valence-electron chi connectivity index (χ2n) is 7.48. The van der Waals surface area contributed by atoms with Crippen LogP contribution in [0.25, 0.3) is 0 Å². The standard InChI is InChI=1S/C19H30N2O4/c1-19(2,3)25-18(23)20-14-9-11-21(12-10-14)13-16(22)15-7-5-6-8-17(15)24-4/h5-8,14,16,22H,9-13H2,1-4H3,(H,20,23). The van der Waals surface area contributed by atoms with E-state index in [1.165, 1.54) is 0 Å². The summed E-state index contributed by atoms with van der Waals surface area (Å²) >= 11 is 0. The number of hydrogen-bond acceptors (Lipinski definition) is 5. The minimum absolute atomic E-state index is 0.120. The quantitative estimate of drug-likeness (QED) is 0.854. The maximum Gasteiger partial charge on any atom is 0.407 e. The number of β-amino-alcohol motifs (C(OH)–C–C–N with tert-alkyl or cyclic N) is 1. The van der Waals surface area contributed by atoms with Crippen LogP contribution in [-0.4, -0.2) is 54.5 Å². The van der Waals surface area contributed by atoms with Crippen LogP contribution < -0.4 is 10.1 Å². The van der Waals surface area contributed by atoms with E-state index in [0.717, 1.165) is 31.5 Å². The summed E-state index contributed by atoms with van der Waals surface area (Å²) in [6, 6.07) is 7.66. The van der Waals surface area contributed by atoms with Crippen LogP contribution in [0.15, 0.2) is 24.3 Å². The van der Waals surface area contributed by atoms with Crippen LogP contribution in [0.3, 0.4) is 0 Å². The minimum Gasteiger partial charge on any atom is -0.496 e. The summed E-state index contributed by atoms with van der Waals surface area (Å²) in [5.41, 5.74) is 0.322. The third-order valence-electron chi connectivity index (χ3n) is 4.24. The summed E-state index contributed by atoms with van der Waals surface area (Å²) in [6.45, 7) is 7.77. The summed E-state index contributed by atoms with van der Waals surface area (Å²) in [7, 11) is 1.61. The summed E-state index contributed by atoms with van der Waals surface area (Å²) in [5.74, 6) is 0.705. The number of methoxy groups -OCH3 is 1. The first-order valence-corrected chi connectivity index (χ1v) is 8.81. The van der Waals surface area contributed by atoms with E-state index in [1.807, 2.05) is 45.0 Å². The molecule has 0 bridgehead atoms. The Labute approximate surface area is 150 Å². The number of nitrogens with zero attached hydrogens (tertiary/aromatic N) is 1. The van der Waals surface area contributed by atoms with E-state index in [1.54, 1.807) is 7.11 Å². The molecule has 1 fully saturated rings. The summed E-state index contributed by atoms with van der Waals surface area (Å²) in [6.07, 6.45) is 0.738. The molecule has 0 saturated carbocycles. The van der Waals surface area contributed by atoms with Gasteiger partial charge < -0.3 is 24.8 Å². The highest BCUT2D eigenvalue weighted by atomic mass is 16.6. The Morgan fingerprint density at radius 2 is 1.96 bits per heavy atom. The number of aliphatic hydroxyl groups is 1. The molecular formula is C19H30N2O4. The fourth-order valence-electron chi connectivity index (χ4n) is 3.02. The molecule has 6 nitrogen and oxygen atoms in total. The van der Waals surface area contributed by atoms with E-state index in [9.17, 15) is 9.90 Å². The molecule has 6 heteroatoms. The molecule has 1 aromatic rings. The van der Waals surface area contributed by atoms with Gasteiger partial charge in [0.15, 0.2) is 0 Å². The normalized spacial score (nSPS) is 17.8. The predicted octanol–water partition coefficient (Wildman–Crippen LogP) is 2.72. The van der Waals surface area contributed by atoms with Crippen molar-refractivity contribution in [1.29, 1.82) is 0 Å². The zero-order valence-corrected chi connectivity index (χ0v) is 15.6. The van der Waals surface area contributed by atoms with Crippen molar-refractivity contribution in [2.75, 3.05) is 26.7 Å². The number of piperidine rings is 1. The van der Waals surface area contributed by atoms with Crippen molar-refractivity contribution in [2.24, 2.45) is 0 Å². The van der Waals surface area contributed by atoms with Crippen LogP contribution in [0.1, 0.15) is 45.3 Å². The zero-order valence-electron chi connectivity index (χ0n) is 15.6. The number of aliphatic hydroxyl groups excluding tert-OH is 1. The minimum atomic E-state index is -0.591. The Morgan fingerprint density at radius 1 is 1.32 bits per heavy atom. The largest absolute Gasteiger partial charge is 0.496 e. The van der Waals surface area contributed by atoms with Crippen molar-refractivity contribution in [1.82, 2.24) is 10.2 Å². The Hall–Kier alpha value is -1.79. The number of alkyl carbamates (subject to hydrolysis) is 1. The third-order valence-corrected chi connectivity index (χ3v) is 4.24. The highest BCUT2D eigenvalue weighted by molar-refractivity contribution is 5.68. The van der Waals surface area contributed by atoms with Crippen LogP contribution in [0.2, 0.25) is 0 Å². The number of hydrogen-bond donors (Lipinski definition) is 2. The van der Waals surface area contributed by atoms with Gasteiger partial charge in [0.2, 0.25) is 0 Å². The number of para-hydroxylation sites is 1. The molecular weight excluding hydrogens is 320 g/mol. The fourth-order valence-corrected chi connectivity index (χ4v) is 3.02. The number of likely N-dealkylation sites (tertiary alicyclic amines) is 1. The third kappa shape index (κ3) is 6.21. The van der Waals surface area contributed by atoms with Crippen molar-refractivity contribution in [3.63, 3.8) is 0 Å². The van der Waals surface area contributed by atoms with Gasteiger partial charge in [0.1, 0.15) is 11.4 Å². The Kier molecular flexibility index (Phi) is 6.67. The molecule has 1 amide bonds. The number of rotatable bonds is 5. The van der Waals surface area contributed by atoms with Crippen molar-refractivity contribution in [3.05, 3.63) is 29.8 Å². The lowest BCUT2D eigenvalue weighted by Gasteiger charge is -2.34. The Balaban J connectivity index is 1.79. The Morgan fingerprint density at radius 3 is 2.56 bits per heavy atom. The predicted molar refractivity (Wildman–Crippen MR) is 96.8 cm³/mol. The van der Waals surface area contributed by atoms with Gasteiger partial charge in [-0.25, -0.2) is 4.79 Å². The van der Waals surface area contributed by atoms with Crippen molar-refractivity contribution >= 4 is 6.09 Å². The SMILES string of the molecule is COc1ccccc1C(O)CN1CCC(NC(=O)OC(C)(C)C)CC1. The molecule has 1 unspecified atom stereocenters. The van der Waals surface area contributed by atoms with E-state index in [0.29, 0.717) is 12.3 Å². The molecule has 1 aliphatic heterocycles. The smallest absolute Gasteiger partial charge is 0.407 e. The maximum absolute atomic E-state index is 11.8. The van der Waals surface area contributed by atoms with Crippen molar-refractivity contribution in [2.45, 2.75) is 51.4 Å². The summed E-state index contributed by atoms with van der Waals surface area (Å²) in [4.78, 5) is 14.1. The van der Waals surface area contributed by atoms with Gasteiger partial charge in [0.05, 0.1) is 13.2 Å². The topological polar surface area (TPSA) is 71.0 Å². The first-order chi connectivity index (χ1) is 11.8. The molecule has 25 heavy (non-hydrogen) atoms.